The number of hydrogen-bond donors (Lipinski definition) is 4. The number of nitrogens with one attached hydrogen (secondary N) is 2. The summed E-state index contributed by atoms with van der Waals surface area (Å²) in [5, 5.41) is 13.9. The highest BCUT2D eigenvalue weighted by atomic mass is 79.9. The van der Waals surface area contributed by atoms with Gasteiger partial charge in [0.05, 0.1) is 12.1 Å². The maximum absolute atomic E-state index is 11.8. The number of rotatable bonds is 5. The van der Waals surface area contributed by atoms with Gasteiger partial charge in [0.25, 0.3) is 0 Å². The van der Waals surface area contributed by atoms with Gasteiger partial charge in [-0.05, 0) is 40.5 Å². The van der Waals surface area contributed by atoms with Crippen LogP contribution in [0.5, 0.6) is 0 Å². The van der Waals surface area contributed by atoms with Crippen molar-refractivity contribution in [3.8, 4) is 0 Å². The Labute approximate surface area is 134 Å². The van der Waals surface area contributed by atoms with Crippen LogP contribution < -0.4 is 16.4 Å². The smallest absolute Gasteiger partial charge is 0.326 e. The molecule has 114 valence electrons. The van der Waals surface area contributed by atoms with Gasteiger partial charge in [0.15, 0.2) is 0 Å². The number of carbonyl (C=O) groups is 3. The molecule has 0 bridgehead atoms. The van der Waals surface area contributed by atoms with E-state index in [1.165, 1.54) is 6.07 Å². The standard InChI is InChI=1S/C12H13BrClN3O4/c1-5-2-6(13)8(3-7(5)14)16-12(21)17-9(11(19)20)4-10(15)18/h2-3,9H,4H2,1H3,(H2,15,18)(H,19,20)(H2,16,17,21)/t9-/m1/s1. The SMILES string of the molecule is Cc1cc(Br)c(NC(=O)N[C@H](CC(N)=O)C(=O)O)cc1Cl. The Hall–Kier alpha value is -1.80. The third-order valence-electron chi connectivity index (χ3n) is 2.51. The van der Waals surface area contributed by atoms with Gasteiger partial charge in [-0.3, -0.25) is 4.79 Å². The van der Waals surface area contributed by atoms with Crippen molar-refractivity contribution in [1.29, 1.82) is 0 Å². The fourth-order valence-corrected chi connectivity index (χ4v) is 2.18. The molecular formula is C12H13BrClN3O4. The molecule has 0 unspecified atom stereocenters. The zero-order valence-corrected chi connectivity index (χ0v) is 13.3. The van der Waals surface area contributed by atoms with Crippen molar-refractivity contribution in [2.24, 2.45) is 5.73 Å². The largest absolute Gasteiger partial charge is 0.480 e. The van der Waals surface area contributed by atoms with E-state index < -0.39 is 30.4 Å². The minimum atomic E-state index is -1.40. The molecule has 3 amide bonds. The molecule has 0 aliphatic carbocycles. The second kappa shape index (κ2) is 7.28. The quantitative estimate of drug-likeness (QED) is 0.624. The van der Waals surface area contributed by atoms with Crippen LogP contribution in [-0.2, 0) is 9.59 Å². The molecule has 1 aromatic carbocycles. The van der Waals surface area contributed by atoms with Crippen LogP contribution in [0.25, 0.3) is 0 Å². The first-order valence-corrected chi connectivity index (χ1v) is 6.92. The van der Waals surface area contributed by atoms with Gasteiger partial charge in [-0.25, -0.2) is 9.59 Å². The lowest BCUT2D eigenvalue weighted by Gasteiger charge is -2.15. The van der Waals surface area contributed by atoms with E-state index in [0.717, 1.165) is 5.56 Å². The van der Waals surface area contributed by atoms with Crippen molar-refractivity contribution < 1.29 is 19.5 Å². The number of carbonyl (C=O) groups excluding carboxylic acids is 2. The molecule has 5 N–H and O–H groups in total. The molecular weight excluding hydrogens is 366 g/mol. The van der Waals surface area contributed by atoms with E-state index in [9.17, 15) is 14.4 Å². The van der Waals surface area contributed by atoms with Gasteiger partial charge in [-0.2, -0.15) is 0 Å². The second-order valence-electron chi connectivity index (χ2n) is 4.24. The number of amides is 3. The molecule has 7 nitrogen and oxygen atoms in total. The van der Waals surface area contributed by atoms with E-state index in [2.05, 4.69) is 26.6 Å². The molecule has 0 spiro atoms. The van der Waals surface area contributed by atoms with Crippen LogP contribution in [0, 0.1) is 6.92 Å². The monoisotopic (exact) mass is 377 g/mol. The van der Waals surface area contributed by atoms with Gasteiger partial charge >= 0.3 is 12.0 Å². The average Bonchev–Trinajstić information content (AvgIpc) is 2.34. The summed E-state index contributed by atoms with van der Waals surface area (Å²) in [6, 6.07) is 1.03. The first-order valence-electron chi connectivity index (χ1n) is 5.75. The Balaban J connectivity index is 2.79. The first-order chi connectivity index (χ1) is 9.70. The third-order valence-corrected chi connectivity index (χ3v) is 3.57. The zero-order valence-electron chi connectivity index (χ0n) is 10.9. The van der Waals surface area contributed by atoms with Gasteiger partial charge in [-0.15, -0.1) is 0 Å². The number of aryl methyl sites for hydroxylation is 1. The fraction of sp³-hybridized carbons (Fsp3) is 0.250. The number of nitrogens with two attached hydrogens (primary N) is 1. The summed E-state index contributed by atoms with van der Waals surface area (Å²) in [6.07, 6.45) is -0.501. The molecule has 21 heavy (non-hydrogen) atoms. The first kappa shape index (κ1) is 17.3. The number of benzene rings is 1. The number of hydrogen-bond acceptors (Lipinski definition) is 3. The normalized spacial score (nSPS) is 11.6. The Morgan fingerprint density at radius 1 is 1.43 bits per heavy atom. The minimum absolute atomic E-state index is 0.367. The predicted octanol–water partition coefficient (Wildman–Crippen LogP) is 1.86. The highest BCUT2D eigenvalue weighted by Gasteiger charge is 2.22. The molecule has 0 fully saturated rings. The van der Waals surface area contributed by atoms with Crippen LogP contribution in [0.3, 0.4) is 0 Å². The Morgan fingerprint density at radius 2 is 2.05 bits per heavy atom. The van der Waals surface area contributed by atoms with Crippen molar-refractivity contribution in [2.75, 3.05) is 5.32 Å². The van der Waals surface area contributed by atoms with Gasteiger partial charge in [0.1, 0.15) is 6.04 Å². The topological polar surface area (TPSA) is 122 Å². The van der Waals surface area contributed by atoms with E-state index in [-0.39, 0.29) is 0 Å². The van der Waals surface area contributed by atoms with E-state index in [0.29, 0.717) is 15.2 Å². The van der Waals surface area contributed by atoms with E-state index in [4.69, 9.17) is 22.4 Å². The number of urea groups is 1. The van der Waals surface area contributed by atoms with Gasteiger partial charge in [0.2, 0.25) is 5.91 Å². The summed E-state index contributed by atoms with van der Waals surface area (Å²) in [4.78, 5) is 33.4. The number of primary amides is 1. The van der Waals surface area contributed by atoms with Crippen molar-refractivity contribution in [3.05, 3.63) is 27.2 Å². The zero-order chi connectivity index (χ0) is 16.2. The van der Waals surface area contributed by atoms with Crippen LogP contribution in [0.2, 0.25) is 5.02 Å². The Morgan fingerprint density at radius 3 is 2.57 bits per heavy atom. The summed E-state index contributed by atoms with van der Waals surface area (Å²) in [7, 11) is 0. The molecule has 0 aliphatic heterocycles. The molecule has 0 saturated heterocycles. The van der Waals surface area contributed by atoms with Crippen molar-refractivity contribution in [1.82, 2.24) is 5.32 Å². The molecule has 0 heterocycles. The van der Waals surface area contributed by atoms with Crippen LogP contribution in [0.4, 0.5) is 10.5 Å². The number of aliphatic carboxylic acids is 1. The lowest BCUT2D eigenvalue weighted by molar-refractivity contribution is -0.140. The highest BCUT2D eigenvalue weighted by Crippen LogP contribution is 2.29. The summed E-state index contributed by atoms with van der Waals surface area (Å²) >= 11 is 9.20. The minimum Gasteiger partial charge on any atom is -0.480 e. The maximum atomic E-state index is 11.8. The third kappa shape index (κ3) is 5.24. The van der Waals surface area contributed by atoms with Gasteiger partial charge < -0.3 is 21.5 Å². The predicted molar refractivity (Wildman–Crippen MR) is 81.3 cm³/mol. The summed E-state index contributed by atoms with van der Waals surface area (Å²) in [6.45, 7) is 1.80. The molecule has 0 saturated carbocycles. The van der Waals surface area contributed by atoms with Crippen LogP contribution in [0.15, 0.2) is 16.6 Å². The van der Waals surface area contributed by atoms with Crippen LogP contribution in [-0.4, -0.2) is 29.1 Å². The number of anilines is 1. The van der Waals surface area contributed by atoms with Crippen molar-refractivity contribution in [2.45, 2.75) is 19.4 Å². The number of carboxylic acids is 1. The lowest BCUT2D eigenvalue weighted by atomic mass is 10.2. The molecule has 1 atom stereocenters. The molecule has 1 rings (SSSR count). The van der Waals surface area contributed by atoms with Crippen molar-refractivity contribution in [3.63, 3.8) is 0 Å². The fourth-order valence-electron chi connectivity index (χ4n) is 1.46. The Kier molecular flexibility index (Phi) is 5.98. The molecule has 0 aromatic heterocycles. The second-order valence-corrected chi connectivity index (χ2v) is 5.50. The van der Waals surface area contributed by atoms with E-state index >= 15 is 0 Å². The van der Waals surface area contributed by atoms with Crippen molar-refractivity contribution >= 4 is 51.1 Å². The Bertz CT molecular complexity index is 594. The highest BCUT2D eigenvalue weighted by molar-refractivity contribution is 9.10. The molecule has 1 aromatic rings. The molecule has 9 heteroatoms. The molecule has 0 aliphatic rings. The summed E-state index contributed by atoms with van der Waals surface area (Å²) in [5.74, 6) is -2.19. The van der Waals surface area contributed by atoms with E-state index in [1.54, 1.807) is 13.0 Å². The molecule has 0 radical (unpaired) electrons. The van der Waals surface area contributed by atoms with Gasteiger partial charge in [0, 0.05) is 9.50 Å². The van der Waals surface area contributed by atoms with Crippen LogP contribution >= 0.6 is 27.5 Å². The number of halogens is 2. The van der Waals surface area contributed by atoms with Gasteiger partial charge in [-0.1, -0.05) is 11.6 Å². The number of carboxylic acid groups (broad SMARTS) is 1. The summed E-state index contributed by atoms with van der Waals surface area (Å²) < 4.78 is 0.585. The maximum Gasteiger partial charge on any atom is 0.326 e. The lowest BCUT2D eigenvalue weighted by Crippen LogP contribution is -2.45. The van der Waals surface area contributed by atoms with Crippen LogP contribution in [0.1, 0.15) is 12.0 Å². The summed E-state index contributed by atoms with van der Waals surface area (Å²) in [5.41, 5.74) is 6.10. The van der Waals surface area contributed by atoms with E-state index in [1.807, 2.05) is 0 Å². The average molecular weight is 379 g/mol.